The van der Waals surface area contributed by atoms with Crippen molar-refractivity contribution in [2.75, 3.05) is 7.11 Å². The standard InChI is InChI=1S/C15H13BrF2O2/c1-8-4-3-5-9(14(8)18)15(19)10-6-11(16)12(17)7-13(10)20-2/h3-7,15,19H,1-2H3. The van der Waals surface area contributed by atoms with Gasteiger partial charge in [0.2, 0.25) is 0 Å². The molecule has 2 rings (SSSR count). The van der Waals surface area contributed by atoms with Crippen LogP contribution in [0.25, 0.3) is 0 Å². The summed E-state index contributed by atoms with van der Waals surface area (Å²) in [5.41, 5.74) is 0.855. The highest BCUT2D eigenvalue weighted by Crippen LogP contribution is 2.35. The number of aliphatic hydroxyl groups excluding tert-OH is 1. The van der Waals surface area contributed by atoms with Gasteiger partial charge in [0.05, 0.1) is 11.6 Å². The van der Waals surface area contributed by atoms with Crippen LogP contribution in [0.15, 0.2) is 34.8 Å². The zero-order valence-corrected chi connectivity index (χ0v) is 12.5. The molecule has 0 aliphatic carbocycles. The van der Waals surface area contributed by atoms with Gasteiger partial charge in [0.25, 0.3) is 0 Å². The third-order valence-corrected chi connectivity index (χ3v) is 3.69. The van der Waals surface area contributed by atoms with Crippen molar-refractivity contribution in [3.05, 3.63) is 63.1 Å². The van der Waals surface area contributed by atoms with Gasteiger partial charge in [-0.2, -0.15) is 0 Å². The van der Waals surface area contributed by atoms with E-state index in [0.717, 1.165) is 6.07 Å². The van der Waals surface area contributed by atoms with Crippen LogP contribution in [0.4, 0.5) is 8.78 Å². The van der Waals surface area contributed by atoms with E-state index in [2.05, 4.69) is 15.9 Å². The molecule has 106 valence electrons. The first-order valence-corrected chi connectivity index (χ1v) is 6.71. The highest BCUT2D eigenvalue weighted by Gasteiger charge is 2.21. The van der Waals surface area contributed by atoms with Crippen molar-refractivity contribution in [1.82, 2.24) is 0 Å². The highest BCUT2D eigenvalue weighted by molar-refractivity contribution is 9.10. The predicted molar refractivity (Wildman–Crippen MR) is 75.9 cm³/mol. The maximum atomic E-state index is 14.1. The van der Waals surface area contributed by atoms with E-state index in [0.29, 0.717) is 11.1 Å². The van der Waals surface area contributed by atoms with Gasteiger partial charge in [-0.05, 0) is 34.5 Å². The molecule has 0 heterocycles. The lowest BCUT2D eigenvalue weighted by Crippen LogP contribution is -2.06. The fourth-order valence-corrected chi connectivity index (χ4v) is 2.34. The van der Waals surface area contributed by atoms with Crippen LogP contribution in [0.2, 0.25) is 0 Å². The molecule has 20 heavy (non-hydrogen) atoms. The normalized spacial score (nSPS) is 12.3. The summed E-state index contributed by atoms with van der Waals surface area (Å²) in [5.74, 6) is -0.830. The van der Waals surface area contributed by atoms with Crippen molar-refractivity contribution in [1.29, 1.82) is 0 Å². The quantitative estimate of drug-likeness (QED) is 0.908. The molecule has 0 spiro atoms. The summed E-state index contributed by atoms with van der Waals surface area (Å²) in [6, 6.07) is 7.30. The number of methoxy groups -OCH3 is 1. The molecule has 0 radical (unpaired) electrons. The Morgan fingerprint density at radius 1 is 1.20 bits per heavy atom. The Kier molecular flexibility index (Phi) is 4.40. The summed E-state index contributed by atoms with van der Waals surface area (Å²) >= 11 is 3.05. The predicted octanol–water partition coefficient (Wildman–Crippen LogP) is 4.13. The molecular weight excluding hydrogens is 330 g/mol. The Morgan fingerprint density at radius 2 is 1.90 bits per heavy atom. The van der Waals surface area contributed by atoms with Gasteiger partial charge in [-0.1, -0.05) is 18.2 Å². The minimum atomic E-state index is -1.23. The highest BCUT2D eigenvalue weighted by atomic mass is 79.9. The van der Waals surface area contributed by atoms with Gasteiger partial charge in [-0.3, -0.25) is 0 Å². The van der Waals surface area contributed by atoms with Crippen molar-refractivity contribution in [3.8, 4) is 5.75 Å². The lowest BCUT2D eigenvalue weighted by Gasteiger charge is -2.17. The number of ether oxygens (including phenoxy) is 1. The first-order valence-electron chi connectivity index (χ1n) is 5.91. The molecule has 0 aliphatic rings. The summed E-state index contributed by atoms with van der Waals surface area (Å²) in [5, 5.41) is 10.4. The zero-order chi connectivity index (χ0) is 14.9. The molecule has 1 N–H and O–H groups in total. The van der Waals surface area contributed by atoms with Crippen LogP contribution >= 0.6 is 15.9 Å². The van der Waals surface area contributed by atoms with E-state index in [-0.39, 0.29) is 15.8 Å². The SMILES string of the molecule is COc1cc(F)c(Br)cc1C(O)c1cccc(C)c1F. The Balaban J connectivity index is 2.55. The first-order chi connectivity index (χ1) is 9.45. The van der Waals surface area contributed by atoms with E-state index >= 15 is 0 Å². The van der Waals surface area contributed by atoms with Crippen LogP contribution in [-0.4, -0.2) is 12.2 Å². The molecule has 5 heteroatoms. The Labute approximate surface area is 124 Å². The molecule has 2 nitrogen and oxygen atoms in total. The van der Waals surface area contributed by atoms with Gasteiger partial charge in [-0.25, -0.2) is 8.78 Å². The minimum absolute atomic E-state index is 0.127. The maximum absolute atomic E-state index is 14.1. The third-order valence-electron chi connectivity index (χ3n) is 3.08. The van der Waals surface area contributed by atoms with Gasteiger partial charge in [-0.15, -0.1) is 0 Å². The molecule has 2 aromatic carbocycles. The second kappa shape index (κ2) is 5.89. The number of aliphatic hydroxyl groups is 1. The molecule has 0 saturated carbocycles. The average molecular weight is 343 g/mol. The zero-order valence-electron chi connectivity index (χ0n) is 11.0. The lowest BCUT2D eigenvalue weighted by atomic mass is 9.98. The van der Waals surface area contributed by atoms with Crippen LogP contribution in [0.1, 0.15) is 22.8 Å². The van der Waals surface area contributed by atoms with Crippen molar-refractivity contribution in [2.45, 2.75) is 13.0 Å². The Morgan fingerprint density at radius 3 is 2.55 bits per heavy atom. The number of halogens is 3. The van der Waals surface area contributed by atoms with Crippen LogP contribution in [0.5, 0.6) is 5.75 Å². The van der Waals surface area contributed by atoms with Crippen LogP contribution < -0.4 is 4.74 Å². The van der Waals surface area contributed by atoms with E-state index in [1.165, 1.54) is 19.2 Å². The van der Waals surface area contributed by atoms with Crippen LogP contribution in [-0.2, 0) is 0 Å². The number of hydrogen-bond donors (Lipinski definition) is 1. The van der Waals surface area contributed by atoms with Crippen molar-refractivity contribution in [2.24, 2.45) is 0 Å². The molecule has 0 aliphatic heterocycles. The summed E-state index contributed by atoms with van der Waals surface area (Å²) in [7, 11) is 1.37. The topological polar surface area (TPSA) is 29.5 Å². The first kappa shape index (κ1) is 14.9. The Bertz CT molecular complexity index is 644. The fourth-order valence-electron chi connectivity index (χ4n) is 1.98. The molecule has 0 bridgehead atoms. The van der Waals surface area contributed by atoms with E-state index in [9.17, 15) is 13.9 Å². The van der Waals surface area contributed by atoms with E-state index in [4.69, 9.17) is 4.74 Å². The summed E-state index contributed by atoms with van der Waals surface area (Å²) in [6.07, 6.45) is -1.23. The Hall–Kier alpha value is -1.46. The van der Waals surface area contributed by atoms with Crippen molar-refractivity contribution >= 4 is 15.9 Å². The van der Waals surface area contributed by atoms with E-state index in [1.54, 1.807) is 19.1 Å². The third kappa shape index (κ3) is 2.69. The summed E-state index contributed by atoms with van der Waals surface area (Å²) in [4.78, 5) is 0. The van der Waals surface area contributed by atoms with E-state index < -0.39 is 17.7 Å². The molecule has 0 amide bonds. The molecule has 2 aromatic rings. The largest absolute Gasteiger partial charge is 0.496 e. The molecular formula is C15H13BrF2O2. The molecule has 0 aromatic heterocycles. The second-order valence-electron chi connectivity index (χ2n) is 4.39. The maximum Gasteiger partial charge on any atom is 0.141 e. The molecule has 0 fully saturated rings. The summed E-state index contributed by atoms with van der Waals surface area (Å²) < 4.78 is 32.8. The van der Waals surface area contributed by atoms with Crippen LogP contribution in [0, 0.1) is 18.6 Å². The number of rotatable bonds is 3. The van der Waals surface area contributed by atoms with Crippen LogP contribution in [0.3, 0.4) is 0 Å². The van der Waals surface area contributed by atoms with E-state index in [1.807, 2.05) is 0 Å². The van der Waals surface area contributed by atoms with Gasteiger partial charge >= 0.3 is 0 Å². The molecule has 0 saturated heterocycles. The smallest absolute Gasteiger partial charge is 0.141 e. The lowest BCUT2D eigenvalue weighted by molar-refractivity contribution is 0.209. The minimum Gasteiger partial charge on any atom is -0.496 e. The monoisotopic (exact) mass is 342 g/mol. The number of benzene rings is 2. The van der Waals surface area contributed by atoms with Gasteiger partial charge in [0.1, 0.15) is 23.5 Å². The summed E-state index contributed by atoms with van der Waals surface area (Å²) in [6.45, 7) is 1.61. The molecule has 1 unspecified atom stereocenters. The second-order valence-corrected chi connectivity index (χ2v) is 5.24. The average Bonchev–Trinajstić information content (AvgIpc) is 2.43. The number of aryl methyl sites for hydroxylation is 1. The fraction of sp³-hybridized carbons (Fsp3) is 0.200. The van der Waals surface area contributed by atoms with Crippen molar-refractivity contribution in [3.63, 3.8) is 0 Å². The molecule has 1 atom stereocenters. The van der Waals surface area contributed by atoms with Gasteiger partial charge < -0.3 is 9.84 Å². The van der Waals surface area contributed by atoms with Gasteiger partial charge in [0.15, 0.2) is 0 Å². The van der Waals surface area contributed by atoms with Gasteiger partial charge in [0, 0.05) is 17.2 Å². The number of hydrogen-bond acceptors (Lipinski definition) is 2. The van der Waals surface area contributed by atoms with Crippen molar-refractivity contribution < 1.29 is 18.6 Å².